The van der Waals surface area contributed by atoms with Crippen molar-refractivity contribution in [3.05, 3.63) is 75.7 Å². The van der Waals surface area contributed by atoms with Gasteiger partial charge in [0.15, 0.2) is 0 Å². The largest absolute Gasteiger partial charge is 0.466 e. The second-order valence-corrected chi connectivity index (χ2v) is 9.80. The third-order valence-corrected chi connectivity index (χ3v) is 7.63. The third kappa shape index (κ3) is 4.85. The molecule has 4 nitrogen and oxygen atoms in total. The molecular weight excluding hydrogens is 418 g/mol. The number of piperidine rings is 1. The Morgan fingerprint density at radius 3 is 2.60 bits per heavy atom. The highest BCUT2D eigenvalue weighted by Gasteiger charge is 2.44. The number of methoxy groups -OCH3 is 1. The van der Waals surface area contributed by atoms with Crippen LogP contribution in [0.25, 0.3) is 5.57 Å². The number of allylic oxidation sites excluding steroid dienone is 7. The molecule has 1 aliphatic carbocycles. The van der Waals surface area contributed by atoms with Gasteiger partial charge in [0.05, 0.1) is 7.11 Å². The topological polar surface area (TPSA) is 46.6 Å². The number of benzene rings is 1. The van der Waals surface area contributed by atoms with Gasteiger partial charge in [0, 0.05) is 34.5 Å². The minimum absolute atomic E-state index is 0.0100. The highest BCUT2D eigenvalue weighted by molar-refractivity contribution is 7.86. The fourth-order valence-corrected chi connectivity index (χ4v) is 5.61. The summed E-state index contributed by atoms with van der Waals surface area (Å²) in [5.41, 5.74) is 3.45. The van der Waals surface area contributed by atoms with E-state index in [1.807, 2.05) is 36.4 Å². The first-order chi connectivity index (χ1) is 14.4. The molecule has 1 fully saturated rings. The number of ether oxygens (including phenoxy) is 1. The summed E-state index contributed by atoms with van der Waals surface area (Å²) >= 11 is 6.08. The van der Waals surface area contributed by atoms with Gasteiger partial charge >= 0.3 is 5.97 Å². The first kappa shape index (κ1) is 22.7. The van der Waals surface area contributed by atoms with Gasteiger partial charge in [-0.3, -0.25) is 0 Å². The van der Waals surface area contributed by atoms with Crippen LogP contribution in [-0.4, -0.2) is 34.7 Å². The molecule has 6 heteroatoms. The van der Waals surface area contributed by atoms with Gasteiger partial charge in [0.25, 0.3) is 0 Å². The van der Waals surface area contributed by atoms with Crippen LogP contribution in [0.3, 0.4) is 0 Å². The number of rotatable bonds is 5. The molecular formula is C24H28ClNO3S. The highest BCUT2D eigenvalue weighted by Crippen LogP contribution is 2.51. The first-order valence-electron chi connectivity index (χ1n) is 10.1. The number of carbonyl (C=O) groups is 1. The molecule has 1 spiro atoms. The zero-order valence-electron chi connectivity index (χ0n) is 17.7. The average molecular weight is 446 g/mol. The van der Waals surface area contributed by atoms with Crippen molar-refractivity contribution in [3.8, 4) is 0 Å². The van der Waals surface area contributed by atoms with Crippen molar-refractivity contribution in [2.45, 2.75) is 38.5 Å². The SMILES string of the molecule is C\C=C/C(Cl)=C\C=C(/C)S(=O)N1CCC2(CC1)C/C(=C\C(=O)OC)c1ccccc12. The van der Waals surface area contributed by atoms with Crippen molar-refractivity contribution in [1.82, 2.24) is 4.31 Å². The standard InChI is InChI=1S/C24H28ClNO3S/c1-4-7-20(25)11-10-18(2)30(28)26-14-12-24(13-15-26)17-19(16-23(27)29-3)21-8-5-6-9-22(21)24/h4-11,16H,12-15,17H2,1-3H3/b7-4-,18-10+,19-16+,20-11+. The zero-order chi connectivity index (χ0) is 21.7. The number of halogens is 1. The molecule has 0 bridgehead atoms. The third-order valence-electron chi connectivity index (χ3n) is 5.86. The Morgan fingerprint density at radius 1 is 1.23 bits per heavy atom. The van der Waals surface area contributed by atoms with E-state index in [1.54, 1.807) is 18.2 Å². The summed E-state index contributed by atoms with van der Waals surface area (Å²) in [6.07, 6.45) is 11.5. The van der Waals surface area contributed by atoms with E-state index in [-0.39, 0.29) is 11.4 Å². The minimum atomic E-state index is -1.19. The summed E-state index contributed by atoms with van der Waals surface area (Å²) < 4.78 is 19.8. The molecule has 1 aromatic rings. The van der Waals surface area contributed by atoms with Crippen LogP contribution in [-0.2, 0) is 25.9 Å². The number of esters is 1. The van der Waals surface area contributed by atoms with Gasteiger partial charge in [-0.05, 0) is 68.0 Å². The molecule has 0 radical (unpaired) electrons. The maximum atomic E-state index is 13.0. The van der Waals surface area contributed by atoms with E-state index in [2.05, 4.69) is 18.2 Å². The fourth-order valence-electron chi connectivity index (χ4n) is 4.31. The second-order valence-electron chi connectivity index (χ2n) is 7.70. The van der Waals surface area contributed by atoms with Crippen molar-refractivity contribution in [2.75, 3.05) is 20.2 Å². The van der Waals surface area contributed by atoms with Crippen molar-refractivity contribution in [3.63, 3.8) is 0 Å². The molecule has 1 atom stereocenters. The lowest BCUT2D eigenvalue weighted by Crippen LogP contribution is -2.42. The van der Waals surface area contributed by atoms with Gasteiger partial charge < -0.3 is 4.74 Å². The van der Waals surface area contributed by atoms with Crippen LogP contribution >= 0.6 is 11.6 Å². The van der Waals surface area contributed by atoms with Gasteiger partial charge in [0.1, 0.15) is 11.0 Å². The van der Waals surface area contributed by atoms with Crippen molar-refractivity contribution in [1.29, 1.82) is 0 Å². The molecule has 0 amide bonds. The number of nitrogens with zero attached hydrogens (tertiary/aromatic N) is 1. The summed E-state index contributed by atoms with van der Waals surface area (Å²) in [6, 6.07) is 8.31. The lowest BCUT2D eigenvalue weighted by molar-refractivity contribution is -0.134. The Hall–Kier alpha value is -1.95. The van der Waals surface area contributed by atoms with Gasteiger partial charge in [-0.15, -0.1) is 0 Å². The summed E-state index contributed by atoms with van der Waals surface area (Å²) in [5, 5.41) is 0.610. The molecule has 0 saturated carbocycles. The van der Waals surface area contributed by atoms with Crippen molar-refractivity contribution in [2.24, 2.45) is 0 Å². The Morgan fingerprint density at radius 2 is 1.93 bits per heavy atom. The molecule has 0 N–H and O–H groups in total. The number of hydrogen-bond donors (Lipinski definition) is 0. The van der Waals surface area contributed by atoms with E-state index in [9.17, 15) is 9.00 Å². The number of hydrogen-bond acceptors (Lipinski definition) is 3. The fraction of sp³-hybridized carbons (Fsp3) is 0.375. The number of carbonyl (C=O) groups excluding carboxylic acids is 1. The lowest BCUT2D eigenvalue weighted by atomic mass is 9.74. The minimum Gasteiger partial charge on any atom is -0.466 e. The molecule has 1 saturated heterocycles. The molecule has 2 aliphatic rings. The summed E-state index contributed by atoms with van der Waals surface area (Å²) in [6.45, 7) is 5.26. The van der Waals surface area contributed by atoms with Crippen LogP contribution in [0.4, 0.5) is 0 Å². The van der Waals surface area contributed by atoms with E-state index in [0.717, 1.165) is 48.4 Å². The molecule has 1 heterocycles. The Bertz CT molecular complexity index is 953. The van der Waals surface area contributed by atoms with Crippen LogP contribution in [0, 0.1) is 0 Å². The van der Waals surface area contributed by atoms with Gasteiger partial charge in [-0.1, -0.05) is 41.9 Å². The van der Waals surface area contributed by atoms with Crippen LogP contribution in [0.2, 0.25) is 0 Å². The predicted octanol–water partition coefficient (Wildman–Crippen LogP) is 5.25. The average Bonchev–Trinajstić information content (AvgIpc) is 3.05. The van der Waals surface area contributed by atoms with E-state index in [1.165, 1.54) is 12.7 Å². The molecule has 0 aromatic heterocycles. The summed E-state index contributed by atoms with van der Waals surface area (Å²) in [5.74, 6) is -0.319. The van der Waals surface area contributed by atoms with Crippen molar-refractivity contribution < 1.29 is 13.7 Å². The first-order valence-corrected chi connectivity index (χ1v) is 11.6. The summed E-state index contributed by atoms with van der Waals surface area (Å²) in [7, 11) is 0.216. The van der Waals surface area contributed by atoms with Gasteiger partial charge in [0.2, 0.25) is 0 Å². The highest BCUT2D eigenvalue weighted by atomic mass is 35.5. The molecule has 3 rings (SSSR count). The quantitative estimate of drug-likeness (QED) is 0.353. The molecule has 30 heavy (non-hydrogen) atoms. The second kappa shape index (κ2) is 9.90. The number of fused-ring (bicyclic) bond motifs is 2. The molecule has 1 aromatic carbocycles. The van der Waals surface area contributed by atoms with Crippen molar-refractivity contribution >= 4 is 34.1 Å². The molecule has 160 valence electrons. The van der Waals surface area contributed by atoms with Crippen LogP contribution < -0.4 is 0 Å². The van der Waals surface area contributed by atoms with Gasteiger partial charge in [-0.2, -0.15) is 0 Å². The van der Waals surface area contributed by atoms with E-state index >= 15 is 0 Å². The van der Waals surface area contributed by atoms with E-state index in [0.29, 0.717) is 5.03 Å². The van der Waals surface area contributed by atoms with Crippen LogP contribution in [0.15, 0.2) is 64.6 Å². The normalized spacial score (nSPS) is 21.9. The van der Waals surface area contributed by atoms with E-state index in [4.69, 9.17) is 16.3 Å². The molecule has 1 aliphatic heterocycles. The summed E-state index contributed by atoms with van der Waals surface area (Å²) in [4.78, 5) is 12.6. The van der Waals surface area contributed by atoms with E-state index < -0.39 is 11.0 Å². The van der Waals surface area contributed by atoms with Crippen LogP contribution in [0.5, 0.6) is 0 Å². The lowest BCUT2D eigenvalue weighted by Gasteiger charge is -2.39. The Kier molecular flexibility index (Phi) is 7.50. The Balaban J connectivity index is 1.75. The monoisotopic (exact) mass is 445 g/mol. The van der Waals surface area contributed by atoms with Gasteiger partial charge in [-0.25, -0.2) is 13.3 Å². The maximum Gasteiger partial charge on any atom is 0.330 e. The van der Waals surface area contributed by atoms with Crippen LogP contribution in [0.1, 0.15) is 44.2 Å². The zero-order valence-corrected chi connectivity index (χ0v) is 19.3. The maximum absolute atomic E-state index is 13.0. The predicted molar refractivity (Wildman–Crippen MR) is 124 cm³/mol. The smallest absolute Gasteiger partial charge is 0.330 e. The Labute approximate surface area is 186 Å². The molecule has 1 unspecified atom stereocenters.